The van der Waals surface area contributed by atoms with Crippen LogP contribution in [0.25, 0.3) is 21.7 Å². The monoisotopic (exact) mass is 427 g/mol. The van der Waals surface area contributed by atoms with Crippen molar-refractivity contribution in [2.24, 2.45) is 0 Å². The number of nitrogens with zero attached hydrogens (tertiary/aromatic N) is 1. The van der Waals surface area contributed by atoms with Gasteiger partial charge in [-0.15, -0.1) is 0 Å². The van der Waals surface area contributed by atoms with E-state index in [1.54, 1.807) is 6.07 Å². The van der Waals surface area contributed by atoms with Crippen LogP contribution in [0.4, 0.5) is 5.69 Å². The lowest BCUT2D eigenvalue weighted by Gasteiger charge is -2.11. The summed E-state index contributed by atoms with van der Waals surface area (Å²) in [4.78, 5) is 30.0. The highest BCUT2D eigenvalue weighted by molar-refractivity contribution is 7.99. The first kappa shape index (κ1) is 19.6. The van der Waals surface area contributed by atoms with E-state index in [0.29, 0.717) is 10.6 Å². The second kappa shape index (κ2) is 8.40. The van der Waals surface area contributed by atoms with Gasteiger partial charge in [0.1, 0.15) is 0 Å². The molecule has 0 bridgehead atoms. The normalized spacial score (nSPS) is 13.3. The molecule has 31 heavy (non-hydrogen) atoms. The standard InChI is InChI=1S/C25H21N3O2S/c29-23(27-21-11-5-7-16-6-1-2-8-18(16)21)15-31-24-14-20(25(30)26-17-12-13-17)19-9-3-4-10-22(19)28-24/h1-11,14,17H,12-13,15H2,(H,26,30)(H,27,29). The Kier molecular flexibility index (Phi) is 5.30. The van der Waals surface area contributed by atoms with Crippen LogP contribution in [-0.2, 0) is 4.79 Å². The molecule has 4 aromatic rings. The van der Waals surface area contributed by atoms with E-state index >= 15 is 0 Å². The second-order valence-corrected chi connectivity index (χ2v) is 8.63. The maximum atomic E-state index is 12.7. The van der Waals surface area contributed by atoms with Crippen LogP contribution in [0, 0.1) is 0 Å². The minimum atomic E-state index is -0.111. The van der Waals surface area contributed by atoms with Gasteiger partial charge in [-0.25, -0.2) is 4.98 Å². The van der Waals surface area contributed by atoms with Crippen LogP contribution in [0.15, 0.2) is 77.8 Å². The van der Waals surface area contributed by atoms with Gasteiger partial charge < -0.3 is 10.6 Å². The van der Waals surface area contributed by atoms with E-state index < -0.39 is 0 Å². The van der Waals surface area contributed by atoms with Crippen LogP contribution in [0.3, 0.4) is 0 Å². The largest absolute Gasteiger partial charge is 0.349 e. The molecule has 0 radical (unpaired) electrons. The molecule has 1 heterocycles. The molecule has 3 aromatic carbocycles. The number of rotatable bonds is 6. The third-order valence-electron chi connectivity index (χ3n) is 5.26. The van der Waals surface area contributed by atoms with E-state index in [0.717, 1.165) is 40.2 Å². The lowest BCUT2D eigenvalue weighted by atomic mass is 10.1. The average Bonchev–Trinajstić information content (AvgIpc) is 3.61. The van der Waals surface area contributed by atoms with Crippen LogP contribution in [-0.4, -0.2) is 28.6 Å². The molecule has 0 atom stereocenters. The molecule has 2 amide bonds. The number of para-hydroxylation sites is 1. The highest BCUT2D eigenvalue weighted by atomic mass is 32.2. The summed E-state index contributed by atoms with van der Waals surface area (Å²) in [6, 6.07) is 23.5. The molecule has 1 aliphatic rings. The number of carbonyl (C=O) groups is 2. The fraction of sp³-hybridized carbons (Fsp3) is 0.160. The molecule has 1 aromatic heterocycles. The predicted molar refractivity (Wildman–Crippen MR) is 126 cm³/mol. The van der Waals surface area contributed by atoms with Gasteiger partial charge in [0.25, 0.3) is 5.91 Å². The molecule has 1 saturated carbocycles. The number of aromatic nitrogens is 1. The van der Waals surface area contributed by atoms with Gasteiger partial charge in [0.05, 0.1) is 21.9 Å². The third-order valence-corrected chi connectivity index (χ3v) is 6.18. The lowest BCUT2D eigenvalue weighted by Crippen LogP contribution is -2.25. The Hall–Kier alpha value is -3.38. The van der Waals surface area contributed by atoms with Crippen molar-refractivity contribution in [3.63, 3.8) is 0 Å². The number of fused-ring (bicyclic) bond motifs is 2. The Morgan fingerprint density at radius 2 is 1.68 bits per heavy atom. The van der Waals surface area contributed by atoms with Crippen molar-refractivity contribution < 1.29 is 9.59 Å². The number of pyridine rings is 1. The Labute approximate surface area is 184 Å². The summed E-state index contributed by atoms with van der Waals surface area (Å²) < 4.78 is 0. The minimum Gasteiger partial charge on any atom is -0.349 e. The molecule has 0 spiro atoms. The number of benzene rings is 3. The fourth-order valence-corrected chi connectivity index (χ4v) is 4.28. The third kappa shape index (κ3) is 4.39. The van der Waals surface area contributed by atoms with Gasteiger partial charge in [-0.3, -0.25) is 9.59 Å². The highest BCUT2D eigenvalue weighted by Gasteiger charge is 2.25. The van der Waals surface area contributed by atoms with Gasteiger partial charge in [0.2, 0.25) is 5.91 Å². The van der Waals surface area contributed by atoms with E-state index in [1.165, 1.54) is 11.8 Å². The number of carbonyl (C=O) groups excluding carboxylic acids is 2. The second-order valence-electron chi connectivity index (χ2n) is 7.64. The van der Waals surface area contributed by atoms with Gasteiger partial charge in [-0.2, -0.15) is 0 Å². The van der Waals surface area contributed by atoms with E-state index in [1.807, 2.05) is 66.7 Å². The Morgan fingerprint density at radius 1 is 0.935 bits per heavy atom. The van der Waals surface area contributed by atoms with Crippen molar-refractivity contribution in [2.45, 2.75) is 23.9 Å². The van der Waals surface area contributed by atoms with Gasteiger partial charge in [-0.05, 0) is 36.4 Å². The van der Waals surface area contributed by atoms with Crippen LogP contribution in [0.2, 0.25) is 0 Å². The summed E-state index contributed by atoms with van der Waals surface area (Å²) in [6.45, 7) is 0. The van der Waals surface area contributed by atoms with E-state index in [4.69, 9.17) is 0 Å². The molecule has 2 N–H and O–H groups in total. The maximum Gasteiger partial charge on any atom is 0.252 e. The van der Waals surface area contributed by atoms with Gasteiger partial charge in [-0.1, -0.05) is 66.4 Å². The summed E-state index contributed by atoms with van der Waals surface area (Å²) in [6.07, 6.45) is 2.06. The molecule has 6 heteroatoms. The van der Waals surface area contributed by atoms with Gasteiger partial charge in [0.15, 0.2) is 0 Å². The molecule has 0 unspecified atom stereocenters. The first-order chi connectivity index (χ1) is 15.2. The molecule has 0 saturated heterocycles. The fourth-order valence-electron chi connectivity index (χ4n) is 3.56. The molecule has 1 aliphatic carbocycles. The molecule has 5 nitrogen and oxygen atoms in total. The van der Waals surface area contributed by atoms with E-state index in [9.17, 15) is 9.59 Å². The number of hydrogen-bond acceptors (Lipinski definition) is 4. The van der Waals surface area contributed by atoms with Crippen molar-refractivity contribution in [1.82, 2.24) is 10.3 Å². The molecule has 0 aliphatic heterocycles. The first-order valence-electron chi connectivity index (χ1n) is 10.3. The van der Waals surface area contributed by atoms with Crippen molar-refractivity contribution in [3.8, 4) is 0 Å². The SMILES string of the molecule is O=C(CSc1cc(C(=O)NC2CC2)c2ccccc2n1)Nc1cccc2ccccc12. The van der Waals surface area contributed by atoms with Crippen LogP contribution in [0.5, 0.6) is 0 Å². The molecule has 5 rings (SSSR count). The predicted octanol–water partition coefficient (Wildman–Crippen LogP) is 5.01. The number of thioether (sulfide) groups is 1. The Morgan fingerprint density at radius 3 is 2.52 bits per heavy atom. The van der Waals surface area contributed by atoms with Crippen LogP contribution < -0.4 is 10.6 Å². The molecule has 1 fully saturated rings. The van der Waals surface area contributed by atoms with Crippen molar-refractivity contribution in [2.75, 3.05) is 11.1 Å². The summed E-state index contributed by atoms with van der Waals surface area (Å²) in [7, 11) is 0. The van der Waals surface area contributed by atoms with Crippen molar-refractivity contribution >= 4 is 50.9 Å². The Balaban J connectivity index is 1.34. The molecule has 154 valence electrons. The minimum absolute atomic E-state index is 0.0804. The van der Waals surface area contributed by atoms with Gasteiger partial charge >= 0.3 is 0 Å². The van der Waals surface area contributed by atoms with Crippen molar-refractivity contribution in [1.29, 1.82) is 0 Å². The zero-order valence-electron chi connectivity index (χ0n) is 16.8. The van der Waals surface area contributed by atoms with Crippen molar-refractivity contribution in [3.05, 3.63) is 78.4 Å². The zero-order valence-corrected chi connectivity index (χ0v) is 17.6. The van der Waals surface area contributed by atoms with Gasteiger partial charge in [0, 0.05) is 22.5 Å². The average molecular weight is 428 g/mol. The van der Waals surface area contributed by atoms with Crippen LogP contribution in [0.1, 0.15) is 23.2 Å². The number of nitrogens with one attached hydrogen (secondary N) is 2. The maximum absolute atomic E-state index is 12.7. The topological polar surface area (TPSA) is 71.1 Å². The summed E-state index contributed by atoms with van der Waals surface area (Å²) in [5.41, 5.74) is 2.15. The molecular formula is C25H21N3O2S. The molecular weight excluding hydrogens is 406 g/mol. The smallest absolute Gasteiger partial charge is 0.252 e. The quantitative estimate of drug-likeness (QED) is 0.424. The summed E-state index contributed by atoms with van der Waals surface area (Å²) in [5.74, 6) is 0.0153. The number of anilines is 1. The Bertz CT molecular complexity index is 1300. The summed E-state index contributed by atoms with van der Waals surface area (Å²) in [5, 5.41) is 9.62. The number of hydrogen-bond donors (Lipinski definition) is 2. The summed E-state index contributed by atoms with van der Waals surface area (Å²) >= 11 is 1.33. The highest BCUT2D eigenvalue weighted by Crippen LogP contribution is 2.27. The van der Waals surface area contributed by atoms with E-state index in [2.05, 4.69) is 15.6 Å². The first-order valence-corrected chi connectivity index (χ1v) is 11.3. The van der Waals surface area contributed by atoms with Crippen LogP contribution >= 0.6 is 11.8 Å². The zero-order chi connectivity index (χ0) is 21.2. The number of amides is 2. The van der Waals surface area contributed by atoms with E-state index in [-0.39, 0.29) is 23.6 Å². The lowest BCUT2D eigenvalue weighted by molar-refractivity contribution is -0.113.